The molecular weight excluding hydrogens is 196 g/mol. The van der Waals surface area contributed by atoms with E-state index in [1.54, 1.807) is 11.8 Å². The van der Waals surface area contributed by atoms with Crippen LogP contribution in [0.2, 0.25) is 0 Å². The molecule has 0 radical (unpaired) electrons. The molecule has 2 fully saturated rings. The van der Waals surface area contributed by atoms with Crippen LogP contribution in [0.3, 0.4) is 0 Å². The number of carbonyl (C=O) groups is 1. The van der Waals surface area contributed by atoms with Gasteiger partial charge in [-0.05, 0) is 31.1 Å². The summed E-state index contributed by atoms with van der Waals surface area (Å²) in [7, 11) is 0. The van der Waals surface area contributed by atoms with E-state index < -0.39 is 0 Å². The lowest BCUT2D eigenvalue weighted by Gasteiger charge is -2.07. The Morgan fingerprint density at radius 1 is 1.71 bits per heavy atom. The van der Waals surface area contributed by atoms with Crippen molar-refractivity contribution < 1.29 is 4.79 Å². The van der Waals surface area contributed by atoms with Crippen molar-refractivity contribution in [1.29, 1.82) is 0 Å². The van der Waals surface area contributed by atoms with Gasteiger partial charge in [-0.25, -0.2) is 0 Å². The molecule has 3 nitrogen and oxygen atoms in total. The molecule has 2 N–H and O–H groups in total. The maximum absolute atomic E-state index is 11.7. The average molecular weight is 214 g/mol. The second-order valence-corrected chi connectivity index (χ2v) is 5.32. The van der Waals surface area contributed by atoms with Crippen molar-refractivity contribution in [2.75, 3.05) is 31.6 Å². The third kappa shape index (κ3) is 1.91. The minimum Gasteiger partial charge on any atom is -0.355 e. The predicted molar refractivity (Wildman–Crippen MR) is 59.4 cm³/mol. The quantitative estimate of drug-likeness (QED) is 0.668. The molecule has 2 rings (SSSR count). The molecule has 4 heteroatoms. The normalized spacial score (nSPS) is 34.8. The maximum atomic E-state index is 11.7. The van der Waals surface area contributed by atoms with Gasteiger partial charge in [0.15, 0.2) is 0 Å². The van der Waals surface area contributed by atoms with E-state index in [9.17, 15) is 4.79 Å². The highest BCUT2D eigenvalue weighted by Crippen LogP contribution is 2.56. The number of nitrogens with one attached hydrogen (secondary N) is 2. The van der Waals surface area contributed by atoms with Gasteiger partial charge < -0.3 is 10.6 Å². The third-order valence-electron chi connectivity index (χ3n) is 3.39. The third-order valence-corrected chi connectivity index (χ3v) is 4.00. The molecule has 1 amide bonds. The van der Waals surface area contributed by atoms with Gasteiger partial charge in [-0.15, -0.1) is 0 Å². The number of carbonyl (C=O) groups excluding carboxylic acids is 1. The summed E-state index contributed by atoms with van der Waals surface area (Å²) in [6.45, 7) is 2.96. The molecular formula is C10H18N2OS. The molecule has 1 aliphatic heterocycles. The first-order chi connectivity index (χ1) is 6.78. The fourth-order valence-electron chi connectivity index (χ4n) is 2.35. The lowest BCUT2D eigenvalue weighted by molar-refractivity contribution is -0.122. The van der Waals surface area contributed by atoms with Gasteiger partial charge in [-0.3, -0.25) is 4.79 Å². The first kappa shape index (κ1) is 10.3. The Bertz CT molecular complexity index is 226. The van der Waals surface area contributed by atoms with Crippen LogP contribution < -0.4 is 10.6 Å². The molecule has 1 heterocycles. The van der Waals surface area contributed by atoms with E-state index in [0.29, 0.717) is 11.3 Å². The van der Waals surface area contributed by atoms with Gasteiger partial charge in [0, 0.05) is 24.8 Å². The van der Waals surface area contributed by atoms with Crippen LogP contribution in [-0.2, 0) is 4.79 Å². The van der Waals surface area contributed by atoms with E-state index in [1.165, 1.54) is 6.42 Å². The van der Waals surface area contributed by atoms with Crippen LogP contribution in [0.4, 0.5) is 0 Å². The van der Waals surface area contributed by atoms with Crippen LogP contribution in [0.25, 0.3) is 0 Å². The summed E-state index contributed by atoms with van der Waals surface area (Å²) in [6, 6.07) is 0. The van der Waals surface area contributed by atoms with Crippen molar-refractivity contribution >= 4 is 17.7 Å². The topological polar surface area (TPSA) is 41.1 Å². The zero-order valence-corrected chi connectivity index (χ0v) is 9.45. The monoisotopic (exact) mass is 214 g/mol. The molecule has 0 bridgehead atoms. The molecule has 1 spiro atoms. The molecule has 1 saturated carbocycles. The van der Waals surface area contributed by atoms with Crippen molar-refractivity contribution in [1.82, 2.24) is 10.6 Å². The Kier molecular flexibility index (Phi) is 3.02. The first-order valence-corrected chi connectivity index (χ1v) is 6.65. The summed E-state index contributed by atoms with van der Waals surface area (Å²) in [4.78, 5) is 11.7. The molecule has 1 saturated heterocycles. The second kappa shape index (κ2) is 4.11. The zero-order chi connectivity index (χ0) is 10.0. The second-order valence-electron chi connectivity index (χ2n) is 4.33. The highest BCUT2D eigenvalue weighted by molar-refractivity contribution is 7.98. The standard InChI is InChI=1S/C10H18N2OS/c1-14-5-4-12-9(13)8-6-10(8)2-3-11-7-10/h8,11H,2-7H2,1H3,(H,12,13). The van der Waals surface area contributed by atoms with E-state index in [1.807, 2.05) is 0 Å². The Morgan fingerprint density at radius 2 is 2.57 bits per heavy atom. The highest BCUT2D eigenvalue weighted by Gasteiger charge is 2.58. The minimum absolute atomic E-state index is 0.280. The van der Waals surface area contributed by atoms with E-state index >= 15 is 0 Å². The summed E-state index contributed by atoms with van der Waals surface area (Å²) in [5, 5.41) is 6.35. The molecule has 14 heavy (non-hydrogen) atoms. The van der Waals surface area contributed by atoms with Gasteiger partial charge in [0.25, 0.3) is 0 Å². The van der Waals surface area contributed by atoms with Gasteiger partial charge in [0.2, 0.25) is 5.91 Å². The summed E-state index contributed by atoms with van der Waals surface area (Å²) in [5.41, 5.74) is 0.351. The van der Waals surface area contributed by atoms with E-state index in [4.69, 9.17) is 0 Å². The maximum Gasteiger partial charge on any atom is 0.223 e. The Balaban J connectivity index is 1.72. The van der Waals surface area contributed by atoms with E-state index in [2.05, 4.69) is 16.9 Å². The minimum atomic E-state index is 0.280. The molecule has 2 aliphatic rings. The average Bonchev–Trinajstić information content (AvgIpc) is 2.65. The molecule has 80 valence electrons. The summed E-state index contributed by atoms with van der Waals surface area (Å²) in [6.07, 6.45) is 4.35. The smallest absolute Gasteiger partial charge is 0.223 e. The fraction of sp³-hybridized carbons (Fsp3) is 0.900. The lowest BCUT2D eigenvalue weighted by atomic mass is 10.0. The number of hydrogen-bond donors (Lipinski definition) is 2. The van der Waals surface area contributed by atoms with Crippen molar-refractivity contribution in [3.63, 3.8) is 0 Å². The predicted octanol–water partition coefficient (Wildman–Crippen LogP) is 0.465. The Hall–Kier alpha value is -0.220. The van der Waals surface area contributed by atoms with Crippen LogP contribution in [0, 0.1) is 11.3 Å². The van der Waals surface area contributed by atoms with Crippen LogP contribution in [0.15, 0.2) is 0 Å². The van der Waals surface area contributed by atoms with Crippen molar-refractivity contribution in [2.45, 2.75) is 12.8 Å². The van der Waals surface area contributed by atoms with Crippen LogP contribution in [0.1, 0.15) is 12.8 Å². The molecule has 0 aromatic carbocycles. The summed E-state index contributed by atoms with van der Waals surface area (Å²) >= 11 is 1.77. The fourth-order valence-corrected chi connectivity index (χ4v) is 2.66. The molecule has 1 aliphatic carbocycles. The zero-order valence-electron chi connectivity index (χ0n) is 8.64. The first-order valence-electron chi connectivity index (χ1n) is 5.26. The van der Waals surface area contributed by atoms with E-state index in [-0.39, 0.29) is 5.91 Å². The van der Waals surface area contributed by atoms with Gasteiger partial charge in [0.1, 0.15) is 0 Å². The summed E-state index contributed by atoms with van der Waals surface area (Å²) < 4.78 is 0. The van der Waals surface area contributed by atoms with Gasteiger partial charge in [-0.2, -0.15) is 11.8 Å². The summed E-state index contributed by atoms with van der Waals surface area (Å²) in [5.74, 6) is 1.60. The van der Waals surface area contributed by atoms with Crippen LogP contribution in [-0.4, -0.2) is 37.6 Å². The van der Waals surface area contributed by atoms with Crippen molar-refractivity contribution in [2.24, 2.45) is 11.3 Å². The van der Waals surface area contributed by atoms with E-state index in [0.717, 1.165) is 31.8 Å². The number of thioether (sulfide) groups is 1. The van der Waals surface area contributed by atoms with Gasteiger partial charge in [-0.1, -0.05) is 0 Å². The molecule has 2 atom stereocenters. The van der Waals surface area contributed by atoms with Gasteiger partial charge >= 0.3 is 0 Å². The SMILES string of the molecule is CSCCNC(=O)C1CC12CCNC2. The van der Waals surface area contributed by atoms with Crippen LogP contribution in [0.5, 0.6) is 0 Å². The number of hydrogen-bond acceptors (Lipinski definition) is 3. The lowest BCUT2D eigenvalue weighted by Crippen LogP contribution is -2.29. The van der Waals surface area contributed by atoms with Gasteiger partial charge in [0.05, 0.1) is 0 Å². The number of rotatable bonds is 4. The Labute approximate surface area is 89.4 Å². The van der Waals surface area contributed by atoms with Crippen molar-refractivity contribution in [3.05, 3.63) is 0 Å². The molecule has 2 unspecified atom stereocenters. The molecule has 0 aromatic heterocycles. The van der Waals surface area contributed by atoms with Crippen molar-refractivity contribution in [3.8, 4) is 0 Å². The highest BCUT2D eigenvalue weighted by atomic mass is 32.2. The largest absolute Gasteiger partial charge is 0.355 e. The van der Waals surface area contributed by atoms with Crippen LogP contribution >= 0.6 is 11.8 Å². The Morgan fingerprint density at radius 3 is 3.21 bits per heavy atom. The number of amides is 1. The molecule has 0 aromatic rings.